The zero-order chi connectivity index (χ0) is 17.1. The van der Waals surface area contributed by atoms with Crippen molar-refractivity contribution in [3.8, 4) is 0 Å². The minimum absolute atomic E-state index is 0. The first-order valence-corrected chi connectivity index (χ1v) is 10.3. The van der Waals surface area contributed by atoms with Crippen LogP contribution >= 0.6 is 0 Å². The minimum Gasteiger partial charge on any atom is -0.424 e. The van der Waals surface area contributed by atoms with Crippen molar-refractivity contribution >= 4 is 66.7 Å². The van der Waals surface area contributed by atoms with Crippen molar-refractivity contribution in [2.75, 3.05) is 23.0 Å². The Kier molecular flexibility index (Phi) is 45.5. The predicted octanol–water partition coefficient (Wildman–Crippen LogP) is 0.882. The van der Waals surface area contributed by atoms with Crippen molar-refractivity contribution in [1.82, 2.24) is 0 Å². The fourth-order valence-corrected chi connectivity index (χ4v) is 0. The molecule has 0 unspecified atom stereocenters. The van der Waals surface area contributed by atoms with Gasteiger partial charge in [-0.15, -0.1) is 0 Å². The number of hydrogen-bond donors (Lipinski definition) is 0. The Labute approximate surface area is 150 Å². The van der Waals surface area contributed by atoms with E-state index in [-0.39, 0.29) is 46.9 Å². The first kappa shape index (κ1) is 33.3. The van der Waals surface area contributed by atoms with E-state index in [1.165, 1.54) is 0 Å². The molecule has 0 atom stereocenters. The van der Waals surface area contributed by atoms with Crippen molar-refractivity contribution in [2.24, 2.45) is 0 Å². The molecule has 0 aromatic heterocycles. The molecule has 0 heterocycles. The zero-order valence-electron chi connectivity index (χ0n) is 12.2. The maximum absolute atomic E-state index is 9.37. The zero-order valence-corrected chi connectivity index (χ0v) is 18.3. The summed E-state index contributed by atoms with van der Waals surface area (Å²) in [6.07, 6.45) is 0. The van der Waals surface area contributed by atoms with Crippen LogP contribution in [0.3, 0.4) is 0 Å². The van der Waals surface area contributed by atoms with Gasteiger partial charge in [0.25, 0.3) is 0 Å². The molecular formula is C8H20O8S4Sn. The van der Waals surface area contributed by atoms with Crippen LogP contribution in [-0.2, 0) is 76.5 Å². The fraction of sp³-hybridized carbons (Fsp3) is 1.00. The molecule has 0 aliphatic carbocycles. The first-order chi connectivity index (χ1) is 9.08. The van der Waals surface area contributed by atoms with Crippen LogP contribution < -0.4 is 0 Å². The smallest absolute Gasteiger partial charge is 0.424 e. The van der Waals surface area contributed by atoms with Crippen LogP contribution in [0.25, 0.3) is 0 Å². The molecule has 0 N–H and O–H groups in total. The van der Waals surface area contributed by atoms with Crippen LogP contribution in [0.2, 0.25) is 0 Å². The summed E-state index contributed by atoms with van der Waals surface area (Å²) < 4.78 is 74.9. The Balaban J connectivity index is -0.0000000533. The molecule has 0 amide bonds. The molecule has 8 nitrogen and oxygen atoms in total. The summed E-state index contributed by atoms with van der Waals surface area (Å²) in [4.78, 5) is 0. The Morgan fingerprint density at radius 1 is 0.429 bits per heavy atom. The minimum atomic E-state index is -1.82. The van der Waals surface area contributed by atoms with Crippen LogP contribution in [0.15, 0.2) is 0 Å². The molecule has 0 aliphatic rings. The van der Waals surface area contributed by atoms with Crippen molar-refractivity contribution in [3.05, 3.63) is 0 Å². The van der Waals surface area contributed by atoms with E-state index in [4.69, 9.17) is 0 Å². The van der Waals surface area contributed by atoms with Gasteiger partial charge in [0.2, 0.25) is 0 Å². The van der Waals surface area contributed by atoms with E-state index in [2.05, 4.69) is 0 Å². The van der Waals surface area contributed by atoms with Gasteiger partial charge in [-0.2, -0.15) is 0 Å². The van der Waals surface area contributed by atoms with Crippen LogP contribution in [0.1, 0.15) is 27.7 Å². The number of rotatable bonds is 4. The molecule has 0 radical (unpaired) electrons. The van der Waals surface area contributed by atoms with Gasteiger partial charge in [-0.05, 0) is 0 Å². The summed E-state index contributed by atoms with van der Waals surface area (Å²) in [6, 6.07) is 0. The molecule has 0 aromatic carbocycles. The van der Waals surface area contributed by atoms with Crippen molar-refractivity contribution in [3.63, 3.8) is 0 Å². The largest absolute Gasteiger partial charge is 4.00 e. The van der Waals surface area contributed by atoms with E-state index in [1.807, 2.05) is 0 Å². The van der Waals surface area contributed by atoms with Gasteiger partial charge in [0.1, 0.15) is 0 Å². The fourth-order valence-electron chi connectivity index (χ4n) is 0. The molecule has 13 heteroatoms. The van der Waals surface area contributed by atoms with Gasteiger partial charge in [0, 0.05) is 0 Å². The van der Waals surface area contributed by atoms with Gasteiger partial charge in [-0.25, -0.2) is 0 Å². The average Bonchev–Trinajstić information content (AvgIpc) is 2.40. The summed E-state index contributed by atoms with van der Waals surface area (Å²) in [5.74, 6) is 0.889. The van der Waals surface area contributed by atoms with Gasteiger partial charge in [0.15, 0.2) is 0 Å². The number of hydrogen-bond acceptors (Lipinski definition) is 12. The summed E-state index contributed by atoms with van der Waals surface area (Å²) in [7, 11) is -7.29. The SMILES string of the molecule is CC[S-](=O)=O.CC[S-](=O)=O.CC[S-](=O)=O.CC[S-](=O)=O.[Sn+4]. The maximum Gasteiger partial charge on any atom is 4.00 e. The van der Waals surface area contributed by atoms with Crippen LogP contribution in [0.5, 0.6) is 0 Å². The monoisotopic (exact) mass is 492 g/mol. The third kappa shape index (κ3) is 96.4. The summed E-state index contributed by atoms with van der Waals surface area (Å²) in [6.45, 7) is 6.35. The molecule has 0 fully saturated rings. The van der Waals surface area contributed by atoms with Crippen LogP contribution in [0, 0.1) is 0 Å². The molecule has 0 saturated heterocycles. The second-order valence-corrected chi connectivity index (χ2v) is 7.11. The van der Waals surface area contributed by atoms with Gasteiger partial charge in [0.05, 0.1) is 0 Å². The molecule has 0 spiro atoms. The first-order valence-electron chi connectivity index (χ1n) is 5.32. The average molecular weight is 491 g/mol. The molecule has 0 rings (SSSR count). The van der Waals surface area contributed by atoms with E-state index < -0.39 is 42.8 Å². The summed E-state index contributed by atoms with van der Waals surface area (Å²) >= 11 is 0. The Hall–Kier alpha value is 0.599. The van der Waals surface area contributed by atoms with Gasteiger partial charge in [-0.1, -0.05) is 93.5 Å². The normalized spacial score (nSPS) is 8.76. The van der Waals surface area contributed by atoms with E-state index in [0.29, 0.717) is 0 Å². The van der Waals surface area contributed by atoms with Crippen molar-refractivity contribution in [2.45, 2.75) is 27.7 Å². The topological polar surface area (TPSA) is 137 Å². The van der Waals surface area contributed by atoms with Gasteiger partial charge >= 0.3 is 23.9 Å². The van der Waals surface area contributed by atoms with E-state index in [0.717, 1.165) is 0 Å². The van der Waals surface area contributed by atoms with Crippen molar-refractivity contribution < 1.29 is 33.7 Å². The van der Waals surface area contributed by atoms with Crippen molar-refractivity contribution in [1.29, 1.82) is 0 Å². The third-order valence-corrected chi connectivity index (χ3v) is 2.83. The Bertz CT molecular complexity index is 357. The molecule has 0 saturated carbocycles. The van der Waals surface area contributed by atoms with Crippen LogP contribution in [0.4, 0.5) is 0 Å². The third-order valence-electron chi connectivity index (χ3n) is 0.943. The van der Waals surface area contributed by atoms with E-state index in [9.17, 15) is 33.7 Å². The summed E-state index contributed by atoms with van der Waals surface area (Å²) in [5, 5.41) is 0. The van der Waals surface area contributed by atoms with Gasteiger partial charge in [-0.3, -0.25) is 0 Å². The molecule has 0 aliphatic heterocycles. The Morgan fingerprint density at radius 3 is 0.476 bits per heavy atom. The standard InChI is InChI=1S/4C2H5O2S.Sn/c4*1-2-5(3)4;/h4*2H2,1H3;/q4*-1;+4. The quantitative estimate of drug-likeness (QED) is 0.418. The molecular weight excluding hydrogens is 471 g/mol. The summed E-state index contributed by atoms with van der Waals surface area (Å²) in [5.41, 5.74) is 0. The van der Waals surface area contributed by atoms with Gasteiger partial charge < -0.3 is 33.7 Å². The van der Waals surface area contributed by atoms with Crippen LogP contribution in [-0.4, -0.2) is 46.9 Å². The molecule has 21 heavy (non-hydrogen) atoms. The molecule has 0 aromatic rings. The molecule has 128 valence electrons. The second-order valence-electron chi connectivity index (χ2n) is 2.37. The van der Waals surface area contributed by atoms with E-state index in [1.54, 1.807) is 27.7 Å². The molecule has 0 bridgehead atoms. The van der Waals surface area contributed by atoms with E-state index >= 15 is 0 Å². The second kappa shape index (κ2) is 28.7. The Morgan fingerprint density at radius 2 is 0.476 bits per heavy atom. The maximum atomic E-state index is 9.37. The predicted molar refractivity (Wildman–Crippen MR) is 82.9 cm³/mol.